The van der Waals surface area contributed by atoms with E-state index < -0.39 is 8.07 Å². The van der Waals surface area contributed by atoms with Crippen LogP contribution in [0.4, 0.5) is 4.39 Å². The fourth-order valence-corrected chi connectivity index (χ4v) is 9.91. The Morgan fingerprint density at radius 1 is 0.455 bits per heavy atom. The Kier molecular flexibility index (Phi) is 6.08. The third-order valence-electron chi connectivity index (χ3n) is 6.13. The van der Waals surface area contributed by atoms with E-state index in [9.17, 15) is 4.39 Å². The molecule has 0 spiro atoms. The molecule has 0 saturated carbocycles. The van der Waals surface area contributed by atoms with E-state index in [0.717, 1.165) is 15.6 Å². The molecule has 0 nitrogen and oxygen atoms in total. The Balaban J connectivity index is 1.76. The summed E-state index contributed by atoms with van der Waals surface area (Å²) < 4.78 is 14.8. The molecule has 0 bridgehead atoms. The summed E-state index contributed by atoms with van der Waals surface area (Å²) in [4.78, 5) is 0. The monoisotopic (exact) mass is 508 g/mol. The van der Waals surface area contributed by atoms with E-state index in [0.29, 0.717) is 0 Å². The van der Waals surface area contributed by atoms with Crippen LogP contribution in [0.3, 0.4) is 0 Å². The van der Waals surface area contributed by atoms with Crippen molar-refractivity contribution in [2.24, 2.45) is 0 Å². The molecule has 0 fully saturated rings. The topological polar surface area (TPSA) is 0 Å². The van der Waals surface area contributed by atoms with Gasteiger partial charge in [-0.2, -0.15) is 0 Å². The number of benzene rings is 5. The van der Waals surface area contributed by atoms with Crippen molar-refractivity contribution in [2.75, 3.05) is 0 Å². The molecule has 0 atom stereocenters. The van der Waals surface area contributed by atoms with Crippen molar-refractivity contribution in [3.05, 3.63) is 144 Å². The van der Waals surface area contributed by atoms with Crippen LogP contribution in [0.5, 0.6) is 0 Å². The van der Waals surface area contributed by atoms with Gasteiger partial charge in [0.05, 0.1) is 0 Å². The summed E-state index contributed by atoms with van der Waals surface area (Å²) in [6.07, 6.45) is 0. The molecular formula is C30H22BrFSi. The van der Waals surface area contributed by atoms with Crippen molar-refractivity contribution in [3.8, 4) is 11.1 Å². The number of hydrogen-bond acceptors (Lipinski definition) is 0. The van der Waals surface area contributed by atoms with E-state index in [1.807, 2.05) is 6.07 Å². The maximum atomic E-state index is 14.0. The van der Waals surface area contributed by atoms with Crippen LogP contribution < -0.4 is 20.7 Å². The number of halogens is 2. The van der Waals surface area contributed by atoms with Gasteiger partial charge in [-0.05, 0) is 50.1 Å². The van der Waals surface area contributed by atoms with Crippen molar-refractivity contribution in [1.29, 1.82) is 0 Å². The van der Waals surface area contributed by atoms with Gasteiger partial charge in [-0.3, -0.25) is 0 Å². The first kappa shape index (κ1) is 21.6. The highest BCUT2D eigenvalue weighted by Crippen LogP contribution is 2.24. The SMILES string of the molecule is Fc1cc(Br)cc(-c2ccc([Si](c3ccccc3)(c3ccccc3)c3ccccc3)cc2)c1. The van der Waals surface area contributed by atoms with E-state index in [1.165, 1.54) is 26.8 Å². The van der Waals surface area contributed by atoms with E-state index in [4.69, 9.17) is 0 Å². The van der Waals surface area contributed by atoms with Crippen LogP contribution in [0.1, 0.15) is 0 Å². The molecule has 33 heavy (non-hydrogen) atoms. The Labute approximate surface area is 203 Å². The van der Waals surface area contributed by atoms with Gasteiger partial charge in [-0.15, -0.1) is 0 Å². The van der Waals surface area contributed by atoms with Gasteiger partial charge in [0.2, 0.25) is 0 Å². The van der Waals surface area contributed by atoms with Gasteiger partial charge in [0, 0.05) is 4.47 Å². The summed E-state index contributed by atoms with van der Waals surface area (Å²) in [5.41, 5.74) is 1.86. The lowest BCUT2D eigenvalue weighted by molar-refractivity contribution is 0.627. The molecule has 0 N–H and O–H groups in total. The smallest absolute Gasteiger partial charge is 0.179 e. The highest BCUT2D eigenvalue weighted by atomic mass is 79.9. The molecule has 0 aliphatic carbocycles. The minimum Gasteiger partial charge on any atom is -0.207 e. The zero-order valence-corrected chi connectivity index (χ0v) is 20.5. The Hall–Kier alpha value is -3.27. The lowest BCUT2D eigenvalue weighted by Gasteiger charge is -2.34. The van der Waals surface area contributed by atoms with Crippen LogP contribution >= 0.6 is 15.9 Å². The van der Waals surface area contributed by atoms with Gasteiger partial charge in [-0.25, -0.2) is 4.39 Å². The molecule has 0 aliphatic heterocycles. The summed E-state index contributed by atoms with van der Waals surface area (Å²) in [7, 11) is -2.53. The average molecular weight is 509 g/mol. The molecule has 0 radical (unpaired) electrons. The van der Waals surface area contributed by atoms with E-state index in [1.54, 1.807) is 6.07 Å². The molecule has 3 heteroatoms. The van der Waals surface area contributed by atoms with Gasteiger partial charge in [0.25, 0.3) is 0 Å². The molecule has 5 aromatic rings. The third kappa shape index (κ3) is 4.10. The fraction of sp³-hybridized carbons (Fsp3) is 0. The lowest BCUT2D eigenvalue weighted by atomic mass is 10.1. The Morgan fingerprint density at radius 3 is 1.30 bits per heavy atom. The Morgan fingerprint density at radius 2 is 0.879 bits per heavy atom. The van der Waals surface area contributed by atoms with Crippen LogP contribution in [0.15, 0.2) is 138 Å². The maximum absolute atomic E-state index is 14.0. The minimum absolute atomic E-state index is 0.245. The first-order valence-electron chi connectivity index (χ1n) is 10.9. The van der Waals surface area contributed by atoms with Crippen molar-refractivity contribution >= 4 is 44.8 Å². The second-order valence-corrected chi connectivity index (χ2v) is 12.8. The van der Waals surface area contributed by atoms with Gasteiger partial charge in [-0.1, -0.05) is 131 Å². The second-order valence-electron chi connectivity index (χ2n) is 8.08. The summed E-state index contributed by atoms with van der Waals surface area (Å²) in [5, 5.41) is 5.31. The average Bonchev–Trinajstić information content (AvgIpc) is 2.86. The summed E-state index contributed by atoms with van der Waals surface area (Å²) in [6.45, 7) is 0. The number of hydrogen-bond donors (Lipinski definition) is 0. The zero-order valence-electron chi connectivity index (χ0n) is 18.0. The van der Waals surface area contributed by atoms with Crippen LogP contribution in [0.25, 0.3) is 11.1 Å². The predicted molar refractivity (Wildman–Crippen MR) is 143 cm³/mol. The van der Waals surface area contributed by atoms with Crippen molar-refractivity contribution < 1.29 is 4.39 Å². The van der Waals surface area contributed by atoms with E-state index in [2.05, 4.69) is 131 Å². The largest absolute Gasteiger partial charge is 0.207 e. The first-order valence-corrected chi connectivity index (χ1v) is 13.7. The van der Waals surface area contributed by atoms with Gasteiger partial charge < -0.3 is 0 Å². The minimum atomic E-state index is -2.53. The zero-order chi connectivity index (χ0) is 22.7. The van der Waals surface area contributed by atoms with Crippen LogP contribution in [0.2, 0.25) is 0 Å². The van der Waals surface area contributed by atoms with Crippen molar-refractivity contribution in [1.82, 2.24) is 0 Å². The third-order valence-corrected chi connectivity index (χ3v) is 11.4. The molecular weight excluding hydrogens is 487 g/mol. The van der Waals surface area contributed by atoms with Crippen LogP contribution in [-0.2, 0) is 0 Å². The van der Waals surface area contributed by atoms with Crippen LogP contribution in [0, 0.1) is 5.82 Å². The molecule has 0 aromatic heterocycles. The standard InChI is InChI=1S/C30H22BrFSi/c31-25-20-24(21-26(32)22-25)23-16-18-30(19-17-23)33(27-10-4-1-5-11-27,28-12-6-2-7-13-28)29-14-8-3-9-15-29/h1-22H. The van der Waals surface area contributed by atoms with Crippen LogP contribution in [-0.4, -0.2) is 8.07 Å². The highest BCUT2D eigenvalue weighted by molar-refractivity contribution is 9.10. The molecule has 0 unspecified atom stereocenters. The van der Waals surface area contributed by atoms with Crippen molar-refractivity contribution in [3.63, 3.8) is 0 Å². The van der Waals surface area contributed by atoms with Gasteiger partial charge >= 0.3 is 0 Å². The van der Waals surface area contributed by atoms with Crippen molar-refractivity contribution in [2.45, 2.75) is 0 Å². The summed E-state index contributed by atoms with van der Waals surface area (Å²) >= 11 is 3.42. The molecule has 0 heterocycles. The lowest BCUT2D eigenvalue weighted by Crippen LogP contribution is -2.74. The summed E-state index contributed by atoms with van der Waals surface area (Å²) in [6, 6.07) is 46.2. The molecule has 5 aromatic carbocycles. The maximum Gasteiger partial charge on any atom is 0.179 e. The molecule has 160 valence electrons. The molecule has 0 aliphatic rings. The Bertz CT molecular complexity index is 1230. The summed E-state index contributed by atoms with van der Waals surface area (Å²) in [5.74, 6) is -0.245. The fourth-order valence-electron chi connectivity index (χ4n) is 4.70. The predicted octanol–water partition coefficient (Wildman–Crippen LogP) is 5.63. The van der Waals surface area contributed by atoms with Gasteiger partial charge in [0.1, 0.15) is 5.82 Å². The normalized spacial score (nSPS) is 11.3. The highest BCUT2D eigenvalue weighted by Gasteiger charge is 2.41. The van der Waals surface area contributed by atoms with E-state index in [-0.39, 0.29) is 5.82 Å². The molecule has 5 rings (SSSR count). The molecule has 0 saturated heterocycles. The second kappa shape index (κ2) is 9.30. The molecule has 0 amide bonds. The first-order chi connectivity index (χ1) is 16.2. The van der Waals surface area contributed by atoms with E-state index >= 15 is 0 Å². The van der Waals surface area contributed by atoms with Gasteiger partial charge in [0.15, 0.2) is 8.07 Å². The number of rotatable bonds is 5. The quantitative estimate of drug-likeness (QED) is 0.213.